The maximum absolute atomic E-state index is 6.26. The molecule has 0 spiro atoms. The molecule has 0 bridgehead atoms. The highest BCUT2D eigenvalue weighted by molar-refractivity contribution is 5.44. The number of fused-ring (bicyclic) bond motifs is 1. The smallest absolute Gasteiger partial charge is 0.231 e. The summed E-state index contributed by atoms with van der Waals surface area (Å²) in [6.07, 6.45) is 1.61. The zero-order chi connectivity index (χ0) is 14.7. The van der Waals surface area contributed by atoms with Crippen LogP contribution in [0.3, 0.4) is 0 Å². The molecule has 110 valence electrons. The van der Waals surface area contributed by atoms with Gasteiger partial charge in [0.05, 0.1) is 7.11 Å². The van der Waals surface area contributed by atoms with Crippen LogP contribution in [0.25, 0.3) is 0 Å². The van der Waals surface area contributed by atoms with Gasteiger partial charge in [-0.25, -0.2) is 0 Å². The van der Waals surface area contributed by atoms with E-state index in [9.17, 15) is 0 Å². The fourth-order valence-electron chi connectivity index (χ4n) is 2.55. The molecule has 0 aromatic heterocycles. The lowest BCUT2D eigenvalue weighted by Crippen LogP contribution is -2.25. The monoisotopic (exact) mass is 285 g/mol. The third-order valence-corrected chi connectivity index (χ3v) is 3.57. The predicted molar refractivity (Wildman–Crippen MR) is 80.9 cm³/mol. The molecule has 2 N–H and O–H groups in total. The van der Waals surface area contributed by atoms with Crippen molar-refractivity contribution in [1.82, 2.24) is 0 Å². The Bertz CT molecular complexity index is 627. The van der Waals surface area contributed by atoms with E-state index in [2.05, 4.69) is 6.07 Å². The SMILES string of the molecule is COc1cccc(CC(N)Cc2ccc3c(c2)OCO3)c1. The zero-order valence-electron chi connectivity index (χ0n) is 12.0. The highest BCUT2D eigenvalue weighted by Crippen LogP contribution is 2.32. The molecule has 21 heavy (non-hydrogen) atoms. The molecule has 4 heteroatoms. The van der Waals surface area contributed by atoms with Crippen molar-refractivity contribution in [3.8, 4) is 17.2 Å². The molecule has 2 aromatic carbocycles. The Kier molecular flexibility index (Phi) is 3.97. The molecular weight excluding hydrogens is 266 g/mol. The minimum absolute atomic E-state index is 0.0532. The molecule has 1 aliphatic rings. The summed E-state index contributed by atoms with van der Waals surface area (Å²) in [4.78, 5) is 0. The van der Waals surface area contributed by atoms with Crippen molar-refractivity contribution >= 4 is 0 Å². The summed E-state index contributed by atoms with van der Waals surface area (Å²) in [6.45, 7) is 0.300. The van der Waals surface area contributed by atoms with E-state index in [0.717, 1.165) is 35.7 Å². The van der Waals surface area contributed by atoms with E-state index in [1.54, 1.807) is 7.11 Å². The van der Waals surface area contributed by atoms with Gasteiger partial charge in [-0.2, -0.15) is 0 Å². The molecule has 3 rings (SSSR count). The average Bonchev–Trinajstić information content (AvgIpc) is 2.95. The van der Waals surface area contributed by atoms with Crippen molar-refractivity contribution in [3.05, 3.63) is 53.6 Å². The molecule has 0 aliphatic carbocycles. The Morgan fingerprint density at radius 2 is 1.81 bits per heavy atom. The first-order chi connectivity index (χ1) is 10.2. The molecule has 0 radical (unpaired) electrons. The minimum Gasteiger partial charge on any atom is -0.497 e. The van der Waals surface area contributed by atoms with E-state index in [1.807, 2.05) is 36.4 Å². The van der Waals surface area contributed by atoms with Gasteiger partial charge in [0, 0.05) is 6.04 Å². The van der Waals surface area contributed by atoms with Gasteiger partial charge in [-0.15, -0.1) is 0 Å². The van der Waals surface area contributed by atoms with Gasteiger partial charge >= 0.3 is 0 Å². The number of methoxy groups -OCH3 is 1. The van der Waals surface area contributed by atoms with E-state index in [-0.39, 0.29) is 6.04 Å². The molecule has 1 aliphatic heterocycles. The number of hydrogen-bond acceptors (Lipinski definition) is 4. The molecular formula is C17H19NO3. The van der Waals surface area contributed by atoms with Gasteiger partial charge in [0.15, 0.2) is 11.5 Å². The van der Waals surface area contributed by atoms with Crippen LogP contribution in [0.4, 0.5) is 0 Å². The Hall–Kier alpha value is -2.20. The first kappa shape index (κ1) is 13.8. The summed E-state index contributed by atoms with van der Waals surface area (Å²) < 4.78 is 15.9. The summed E-state index contributed by atoms with van der Waals surface area (Å²) in [5, 5.41) is 0. The number of benzene rings is 2. The van der Waals surface area contributed by atoms with Crippen molar-refractivity contribution in [1.29, 1.82) is 0 Å². The van der Waals surface area contributed by atoms with Crippen LogP contribution in [0.2, 0.25) is 0 Å². The van der Waals surface area contributed by atoms with Crippen molar-refractivity contribution in [2.45, 2.75) is 18.9 Å². The minimum atomic E-state index is 0.0532. The Morgan fingerprint density at radius 3 is 2.62 bits per heavy atom. The van der Waals surface area contributed by atoms with Gasteiger partial charge in [0.1, 0.15) is 5.75 Å². The van der Waals surface area contributed by atoms with E-state index >= 15 is 0 Å². The van der Waals surface area contributed by atoms with E-state index < -0.39 is 0 Å². The molecule has 0 fully saturated rings. The molecule has 2 aromatic rings. The summed E-state index contributed by atoms with van der Waals surface area (Å²) in [5.74, 6) is 2.48. The molecule has 0 saturated carbocycles. The standard InChI is InChI=1S/C17H19NO3/c1-19-15-4-2-3-12(9-15)7-14(18)8-13-5-6-16-17(10-13)21-11-20-16/h2-6,9-10,14H,7-8,11,18H2,1H3. The normalized spacial score (nSPS) is 14.0. The van der Waals surface area contributed by atoms with Crippen molar-refractivity contribution in [3.63, 3.8) is 0 Å². The lowest BCUT2D eigenvalue weighted by molar-refractivity contribution is 0.174. The van der Waals surface area contributed by atoms with Crippen LogP contribution in [0.5, 0.6) is 17.2 Å². The van der Waals surface area contributed by atoms with Gasteiger partial charge in [0.25, 0.3) is 0 Å². The fourth-order valence-corrected chi connectivity index (χ4v) is 2.55. The number of ether oxygens (including phenoxy) is 3. The van der Waals surface area contributed by atoms with Crippen LogP contribution >= 0.6 is 0 Å². The lowest BCUT2D eigenvalue weighted by atomic mass is 9.99. The second-order valence-electron chi connectivity index (χ2n) is 5.21. The first-order valence-electron chi connectivity index (χ1n) is 7.01. The van der Waals surface area contributed by atoms with Crippen molar-refractivity contribution < 1.29 is 14.2 Å². The highest BCUT2D eigenvalue weighted by atomic mass is 16.7. The maximum Gasteiger partial charge on any atom is 0.231 e. The first-order valence-corrected chi connectivity index (χ1v) is 7.01. The third kappa shape index (κ3) is 3.28. The second kappa shape index (κ2) is 6.06. The van der Waals surface area contributed by atoms with E-state index in [4.69, 9.17) is 19.9 Å². The Labute approximate surface area is 124 Å². The molecule has 1 heterocycles. The van der Waals surface area contributed by atoms with Crippen LogP contribution in [0.1, 0.15) is 11.1 Å². The van der Waals surface area contributed by atoms with Gasteiger partial charge in [-0.1, -0.05) is 18.2 Å². The number of rotatable bonds is 5. The maximum atomic E-state index is 6.26. The largest absolute Gasteiger partial charge is 0.497 e. The Morgan fingerprint density at radius 1 is 1.05 bits per heavy atom. The molecule has 0 amide bonds. The average molecular weight is 285 g/mol. The summed E-state index contributed by atoms with van der Waals surface area (Å²) in [7, 11) is 1.67. The van der Waals surface area contributed by atoms with Gasteiger partial charge < -0.3 is 19.9 Å². The quantitative estimate of drug-likeness (QED) is 0.917. The predicted octanol–water partition coefficient (Wildman–Crippen LogP) is 2.54. The summed E-state index contributed by atoms with van der Waals surface area (Å²) >= 11 is 0. The molecule has 1 unspecified atom stereocenters. The van der Waals surface area contributed by atoms with Crippen LogP contribution in [-0.4, -0.2) is 19.9 Å². The molecule has 1 atom stereocenters. The lowest BCUT2D eigenvalue weighted by Gasteiger charge is -2.13. The van der Waals surface area contributed by atoms with Gasteiger partial charge in [-0.05, 0) is 48.2 Å². The summed E-state index contributed by atoms with van der Waals surface area (Å²) in [5.41, 5.74) is 8.61. The zero-order valence-corrected chi connectivity index (χ0v) is 12.0. The van der Waals surface area contributed by atoms with Crippen LogP contribution in [0.15, 0.2) is 42.5 Å². The fraction of sp³-hybridized carbons (Fsp3) is 0.294. The topological polar surface area (TPSA) is 53.7 Å². The Balaban J connectivity index is 1.64. The van der Waals surface area contributed by atoms with Crippen LogP contribution in [-0.2, 0) is 12.8 Å². The highest BCUT2D eigenvalue weighted by Gasteiger charge is 2.14. The van der Waals surface area contributed by atoms with Gasteiger partial charge in [-0.3, -0.25) is 0 Å². The van der Waals surface area contributed by atoms with E-state index in [0.29, 0.717) is 6.79 Å². The summed E-state index contributed by atoms with van der Waals surface area (Å²) in [6, 6.07) is 14.1. The molecule has 0 saturated heterocycles. The van der Waals surface area contributed by atoms with Crippen molar-refractivity contribution in [2.75, 3.05) is 13.9 Å². The van der Waals surface area contributed by atoms with Crippen LogP contribution in [0, 0.1) is 0 Å². The van der Waals surface area contributed by atoms with E-state index in [1.165, 1.54) is 5.56 Å². The second-order valence-corrected chi connectivity index (χ2v) is 5.21. The number of hydrogen-bond donors (Lipinski definition) is 1. The third-order valence-electron chi connectivity index (χ3n) is 3.57. The van der Waals surface area contributed by atoms with Crippen LogP contribution < -0.4 is 19.9 Å². The molecule has 4 nitrogen and oxygen atoms in total. The van der Waals surface area contributed by atoms with Gasteiger partial charge in [0.2, 0.25) is 6.79 Å². The van der Waals surface area contributed by atoms with Crippen molar-refractivity contribution in [2.24, 2.45) is 5.73 Å². The number of nitrogens with two attached hydrogens (primary N) is 1.